The molecule has 3 nitrogen and oxygen atoms in total. The van der Waals surface area contributed by atoms with Crippen LogP contribution in [-0.4, -0.2) is 19.3 Å². The quantitative estimate of drug-likeness (QED) is 0.822. The van der Waals surface area contributed by atoms with Gasteiger partial charge in [-0.05, 0) is 79.5 Å². The van der Waals surface area contributed by atoms with Gasteiger partial charge in [-0.1, -0.05) is 18.2 Å². The van der Waals surface area contributed by atoms with Crippen molar-refractivity contribution >= 4 is 10.0 Å². The lowest BCUT2D eigenvalue weighted by atomic mass is 9.92. The molecular weight excluding hydrogens is 337 g/mol. The van der Waals surface area contributed by atoms with Gasteiger partial charge in [0.1, 0.15) is 5.82 Å². The molecule has 2 aromatic rings. The summed E-state index contributed by atoms with van der Waals surface area (Å²) >= 11 is 0. The second-order valence-electron chi connectivity index (χ2n) is 6.96. The van der Waals surface area contributed by atoms with Crippen LogP contribution in [0.4, 0.5) is 4.39 Å². The van der Waals surface area contributed by atoms with Gasteiger partial charge < -0.3 is 0 Å². The molecular formula is C20H22FNO2S. The zero-order valence-corrected chi connectivity index (χ0v) is 14.9. The predicted octanol–water partition coefficient (Wildman–Crippen LogP) is 4.23. The summed E-state index contributed by atoms with van der Waals surface area (Å²) in [4.78, 5) is 0.391. The standard InChI is InChI=1S/C20H22FNO2S/c21-18-10-7-16(8-11-18)20-6-3-13-22(20)25(23,24)19-12-9-15-4-1-2-5-17(15)14-19/h7-12,14,20H,1-6,13H2. The molecule has 25 heavy (non-hydrogen) atoms. The molecule has 5 heteroatoms. The van der Waals surface area contributed by atoms with E-state index < -0.39 is 10.0 Å². The Kier molecular flexibility index (Phi) is 4.38. The van der Waals surface area contributed by atoms with E-state index in [9.17, 15) is 12.8 Å². The first-order chi connectivity index (χ1) is 12.1. The van der Waals surface area contributed by atoms with Crippen LogP contribution in [0.2, 0.25) is 0 Å². The van der Waals surface area contributed by atoms with Crippen molar-refractivity contribution in [3.63, 3.8) is 0 Å². The lowest BCUT2D eigenvalue weighted by Gasteiger charge is -2.25. The maximum absolute atomic E-state index is 13.2. The van der Waals surface area contributed by atoms with Gasteiger partial charge in [-0.15, -0.1) is 0 Å². The van der Waals surface area contributed by atoms with Crippen LogP contribution in [-0.2, 0) is 22.9 Å². The normalized spacial score (nSPS) is 21.2. The summed E-state index contributed by atoms with van der Waals surface area (Å²) in [5.41, 5.74) is 3.31. The van der Waals surface area contributed by atoms with Gasteiger partial charge in [0.15, 0.2) is 0 Å². The highest BCUT2D eigenvalue weighted by Crippen LogP contribution is 2.37. The number of nitrogens with zero attached hydrogens (tertiary/aromatic N) is 1. The van der Waals surface area contributed by atoms with Crippen LogP contribution in [0, 0.1) is 5.82 Å². The van der Waals surface area contributed by atoms with Crippen molar-refractivity contribution in [3.05, 3.63) is 65.0 Å². The molecule has 2 aromatic carbocycles. The maximum Gasteiger partial charge on any atom is 0.243 e. The molecule has 0 amide bonds. The van der Waals surface area contributed by atoms with Crippen LogP contribution < -0.4 is 0 Å². The number of benzene rings is 2. The van der Waals surface area contributed by atoms with E-state index in [0.717, 1.165) is 37.7 Å². The van der Waals surface area contributed by atoms with Gasteiger partial charge in [0.05, 0.1) is 10.9 Å². The first-order valence-electron chi connectivity index (χ1n) is 8.95. The van der Waals surface area contributed by atoms with E-state index in [1.807, 2.05) is 12.1 Å². The molecule has 4 rings (SSSR count). The Morgan fingerprint density at radius 1 is 0.920 bits per heavy atom. The van der Waals surface area contributed by atoms with Crippen molar-refractivity contribution in [1.82, 2.24) is 4.31 Å². The largest absolute Gasteiger partial charge is 0.243 e. The summed E-state index contributed by atoms with van der Waals surface area (Å²) in [5.74, 6) is -0.300. The maximum atomic E-state index is 13.2. The summed E-state index contributed by atoms with van der Waals surface area (Å²) in [7, 11) is -3.54. The summed E-state index contributed by atoms with van der Waals surface area (Å²) in [6.07, 6.45) is 5.90. The van der Waals surface area contributed by atoms with Gasteiger partial charge in [0, 0.05) is 6.54 Å². The molecule has 1 atom stereocenters. The third kappa shape index (κ3) is 3.11. The first kappa shape index (κ1) is 16.7. The fraction of sp³-hybridized carbons (Fsp3) is 0.400. The summed E-state index contributed by atoms with van der Waals surface area (Å²) in [6.45, 7) is 0.515. The predicted molar refractivity (Wildman–Crippen MR) is 95.4 cm³/mol. The molecule has 1 unspecified atom stereocenters. The van der Waals surface area contributed by atoms with Gasteiger partial charge in [0.25, 0.3) is 0 Å². The van der Waals surface area contributed by atoms with Crippen molar-refractivity contribution in [2.75, 3.05) is 6.54 Å². The van der Waals surface area contributed by atoms with E-state index in [-0.39, 0.29) is 11.9 Å². The molecule has 132 valence electrons. The minimum Gasteiger partial charge on any atom is -0.207 e. The van der Waals surface area contributed by atoms with Crippen molar-refractivity contribution in [1.29, 1.82) is 0 Å². The molecule has 0 saturated carbocycles. The molecule has 2 aliphatic rings. The Morgan fingerprint density at radius 3 is 2.40 bits per heavy atom. The van der Waals surface area contributed by atoms with Crippen molar-refractivity contribution in [3.8, 4) is 0 Å². The SMILES string of the molecule is O=S(=O)(c1ccc2c(c1)CCCC2)N1CCCC1c1ccc(F)cc1. The van der Waals surface area contributed by atoms with Crippen LogP contribution in [0.1, 0.15) is 48.4 Å². The van der Waals surface area contributed by atoms with Crippen LogP contribution in [0.5, 0.6) is 0 Å². The Labute approximate surface area is 148 Å². The number of sulfonamides is 1. The second-order valence-corrected chi connectivity index (χ2v) is 8.85. The Balaban J connectivity index is 1.68. The average Bonchev–Trinajstić information content (AvgIpc) is 3.12. The molecule has 1 aliphatic heterocycles. The number of hydrogen-bond donors (Lipinski definition) is 0. The van der Waals surface area contributed by atoms with E-state index >= 15 is 0 Å². The monoisotopic (exact) mass is 359 g/mol. The van der Waals surface area contributed by atoms with Crippen LogP contribution in [0.3, 0.4) is 0 Å². The zero-order chi connectivity index (χ0) is 17.4. The van der Waals surface area contributed by atoms with Gasteiger partial charge in [-0.25, -0.2) is 12.8 Å². The Bertz CT molecular complexity index is 877. The minimum atomic E-state index is -3.54. The summed E-state index contributed by atoms with van der Waals surface area (Å²) in [6, 6.07) is 11.6. The molecule has 0 aromatic heterocycles. The highest BCUT2D eigenvalue weighted by atomic mass is 32.2. The van der Waals surface area contributed by atoms with Crippen LogP contribution in [0.15, 0.2) is 47.4 Å². The van der Waals surface area contributed by atoms with Crippen LogP contribution in [0.25, 0.3) is 0 Å². The molecule has 1 aliphatic carbocycles. The van der Waals surface area contributed by atoms with Gasteiger partial charge in [-0.3, -0.25) is 0 Å². The average molecular weight is 359 g/mol. The molecule has 1 saturated heterocycles. The van der Waals surface area contributed by atoms with Gasteiger partial charge in [-0.2, -0.15) is 4.31 Å². The van der Waals surface area contributed by atoms with E-state index in [4.69, 9.17) is 0 Å². The topological polar surface area (TPSA) is 37.4 Å². The summed E-state index contributed by atoms with van der Waals surface area (Å²) < 4.78 is 41.2. The Hall–Kier alpha value is -1.72. The second kappa shape index (κ2) is 6.54. The van der Waals surface area contributed by atoms with Crippen molar-refractivity contribution < 1.29 is 12.8 Å². The van der Waals surface area contributed by atoms with Crippen molar-refractivity contribution in [2.24, 2.45) is 0 Å². The zero-order valence-electron chi connectivity index (χ0n) is 14.1. The van der Waals surface area contributed by atoms with Gasteiger partial charge >= 0.3 is 0 Å². The van der Waals surface area contributed by atoms with Crippen molar-refractivity contribution in [2.45, 2.75) is 49.5 Å². The molecule has 1 heterocycles. The molecule has 0 radical (unpaired) electrons. The van der Waals surface area contributed by atoms with Gasteiger partial charge in [0.2, 0.25) is 10.0 Å². The first-order valence-corrected chi connectivity index (χ1v) is 10.4. The lowest BCUT2D eigenvalue weighted by Crippen LogP contribution is -2.30. The van der Waals surface area contributed by atoms with E-state index in [1.165, 1.54) is 29.7 Å². The fourth-order valence-electron chi connectivity index (χ4n) is 4.05. The third-order valence-electron chi connectivity index (χ3n) is 5.39. The third-order valence-corrected chi connectivity index (χ3v) is 7.29. The minimum absolute atomic E-state index is 0.207. The smallest absolute Gasteiger partial charge is 0.207 e. The lowest BCUT2D eigenvalue weighted by molar-refractivity contribution is 0.396. The highest BCUT2D eigenvalue weighted by molar-refractivity contribution is 7.89. The molecule has 0 bridgehead atoms. The molecule has 0 spiro atoms. The van der Waals surface area contributed by atoms with Crippen LogP contribution >= 0.6 is 0 Å². The fourth-order valence-corrected chi connectivity index (χ4v) is 5.79. The number of halogens is 1. The van der Waals surface area contributed by atoms with E-state index in [0.29, 0.717) is 11.4 Å². The molecule has 0 N–H and O–H groups in total. The summed E-state index contributed by atoms with van der Waals surface area (Å²) in [5, 5.41) is 0. The molecule has 1 fully saturated rings. The Morgan fingerprint density at radius 2 is 1.64 bits per heavy atom. The number of hydrogen-bond acceptors (Lipinski definition) is 2. The number of fused-ring (bicyclic) bond motifs is 1. The number of aryl methyl sites for hydroxylation is 2. The van der Waals surface area contributed by atoms with E-state index in [1.54, 1.807) is 22.5 Å². The van der Waals surface area contributed by atoms with E-state index in [2.05, 4.69) is 0 Å². The number of rotatable bonds is 3. The highest BCUT2D eigenvalue weighted by Gasteiger charge is 2.36.